The van der Waals surface area contributed by atoms with Crippen LogP contribution < -0.4 is 0 Å². The van der Waals surface area contributed by atoms with E-state index in [-0.39, 0.29) is 17.8 Å². The molecule has 0 aromatic rings. The molecule has 0 saturated carbocycles. The predicted octanol–water partition coefficient (Wildman–Crippen LogP) is 9.11. The van der Waals surface area contributed by atoms with Crippen molar-refractivity contribution in [3.63, 3.8) is 0 Å². The van der Waals surface area contributed by atoms with Crippen molar-refractivity contribution >= 4 is 20.6 Å². The standard InChI is InChI=1S/C37H62O6Si/c1-25(2)32-17-16-29(9)33-23-35(42-30(10)39)36(11)18-19-37(43-36,40-21-15-13-12-14-20-38)31(22-34(32)33)24-41-44(26(3)4,27(5)6)28(7)8/h16,18-20,22,25-28,32-35H,12-15,17,21,23-24H2,1-11H3/b31-22-/t32-,33+,34-,35+,36+,37-/m1/s1. The summed E-state index contributed by atoms with van der Waals surface area (Å²) in [6.45, 7) is 25.3. The van der Waals surface area contributed by atoms with E-state index in [9.17, 15) is 9.59 Å². The highest BCUT2D eigenvalue weighted by Crippen LogP contribution is 2.51. The van der Waals surface area contributed by atoms with E-state index >= 15 is 0 Å². The largest absolute Gasteiger partial charge is 0.459 e. The zero-order valence-corrected chi connectivity index (χ0v) is 30.6. The molecule has 2 aliphatic heterocycles. The summed E-state index contributed by atoms with van der Waals surface area (Å²) in [6, 6.07) is 0. The van der Waals surface area contributed by atoms with Crippen molar-refractivity contribution in [3.05, 3.63) is 35.5 Å². The van der Waals surface area contributed by atoms with E-state index in [1.54, 1.807) is 0 Å². The van der Waals surface area contributed by atoms with E-state index in [1.807, 2.05) is 6.92 Å². The number of fused-ring (bicyclic) bond motifs is 3. The van der Waals surface area contributed by atoms with E-state index in [4.69, 9.17) is 18.6 Å². The molecule has 6 nitrogen and oxygen atoms in total. The van der Waals surface area contributed by atoms with Gasteiger partial charge >= 0.3 is 5.97 Å². The first-order valence-corrected chi connectivity index (χ1v) is 19.4. The van der Waals surface area contributed by atoms with Crippen LogP contribution in [0.25, 0.3) is 0 Å². The lowest BCUT2D eigenvalue weighted by Gasteiger charge is -2.44. The minimum absolute atomic E-state index is 0.214. The van der Waals surface area contributed by atoms with Gasteiger partial charge in [-0.3, -0.25) is 4.79 Å². The van der Waals surface area contributed by atoms with Gasteiger partial charge in [0.25, 0.3) is 0 Å². The van der Waals surface area contributed by atoms with E-state index in [0.29, 0.717) is 54.5 Å². The van der Waals surface area contributed by atoms with Crippen molar-refractivity contribution in [2.45, 2.75) is 149 Å². The highest BCUT2D eigenvalue weighted by molar-refractivity contribution is 6.77. The molecule has 6 atom stereocenters. The molecule has 0 unspecified atom stereocenters. The smallest absolute Gasteiger partial charge is 0.303 e. The minimum atomic E-state index is -2.21. The van der Waals surface area contributed by atoms with Crippen molar-refractivity contribution in [3.8, 4) is 0 Å². The van der Waals surface area contributed by atoms with Crippen LogP contribution in [0.15, 0.2) is 35.5 Å². The number of allylic oxidation sites excluding steroid dienone is 3. The number of rotatable bonds is 15. The lowest BCUT2D eigenvalue weighted by atomic mass is 9.65. The number of ether oxygens (including phenoxy) is 3. The molecule has 0 amide bonds. The summed E-state index contributed by atoms with van der Waals surface area (Å²) in [4.78, 5) is 23.3. The van der Waals surface area contributed by atoms with Crippen LogP contribution in [-0.4, -0.2) is 51.3 Å². The van der Waals surface area contributed by atoms with Gasteiger partial charge in [-0.05, 0) is 92.0 Å². The van der Waals surface area contributed by atoms with Crippen LogP contribution in [0.4, 0.5) is 0 Å². The first-order chi connectivity index (χ1) is 20.6. The van der Waals surface area contributed by atoms with Crippen LogP contribution in [0.5, 0.6) is 0 Å². The van der Waals surface area contributed by atoms with Gasteiger partial charge in [0.15, 0.2) is 0 Å². The van der Waals surface area contributed by atoms with Gasteiger partial charge in [0.1, 0.15) is 18.0 Å². The third kappa shape index (κ3) is 7.87. The second-order valence-electron chi connectivity index (χ2n) is 15.1. The Kier molecular flexibility index (Phi) is 12.9. The van der Waals surface area contributed by atoms with Gasteiger partial charge in [-0.1, -0.05) is 79.5 Å². The fraction of sp³-hybridized carbons (Fsp3) is 0.784. The van der Waals surface area contributed by atoms with Gasteiger partial charge in [-0.2, -0.15) is 0 Å². The van der Waals surface area contributed by atoms with Crippen LogP contribution in [0.1, 0.15) is 115 Å². The van der Waals surface area contributed by atoms with Crippen molar-refractivity contribution in [1.29, 1.82) is 0 Å². The van der Waals surface area contributed by atoms with Gasteiger partial charge < -0.3 is 23.4 Å². The van der Waals surface area contributed by atoms with Crippen molar-refractivity contribution < 1.29 is 28.2 Å². The topological polar surface area (TPSA) is 71.1 Å². The van der Waals surface area contributed by atoms with E-state index in [1.165, 1.54) is 12.5 Å². The lowest BCUT2D eigenvalue weighted by molar-refractivity contribution is -0.237. The second kappa shape index (κ2) is 15.4. The molecule has 3 aliphatic rings. The van der Waals surface area contributed by atoms with Gasteiger partial charge in [0, 0.05) is 18.9 Å². The molecule has 0 saturated heterocycles. The molecule has 2 heterocycles. The monoisotopic (exact) mass is 630 g/mol. The van der Waals surface area contributed by atoms with Gasteiger partial charge in [0.2, 0.25) is 14.1 Å². The normalized spacial score (nSPS) is 31.8. The Morgan fingerprint density at radius 3 is 2.27 bits per heavy atom. The maximum atomic E-state index is 12.5. The fourth-order valence-corrected chi connectivity index (χ4v) is 13.9. The Balaban J connectivity index is 2.18. The van der Waals surface area contributed by atoms with Crippen molar-refractivity contribution in [2.75, 3.05) is 13.2 Å². The van der Waals surface area contributed by atoms with E-state index < -0.39 is 25.8 Å². The molecule has 0 aromatic heterocycles. The summed E-state index contributed by atoms with van der Waals surface area (Å²) in [7, 11) is -2.21. The number of hydrogen-bond donors (Lipinski definition) is 0. The molecule has 44 heavy (non-hydrogen) atoms. The molecule has 0 fully saturated rings. The maximum absolute atomic E-state index is 12.5. The first kappa shape index (κ1) is 36.9. The summed E-state index contributed by atoms with van der Waals surface area (Å²) in [5.41, 5.74) is 2.87. The molecule has 0 radical (unpaired) electrons. The molecule has 3 rings (SSSR count). The highest BCUT2D eigenvalue weighted by atomic mass is 28.4. The molecule has 250 valence electrons. The molecule has 0 spiro atoms. The molecule has 0 N–H and O–H groups in total. The number of hydrogen-bond acceptors (Lipinski definition) is 6. The Bertz CT molecular complexity index is 1050. The quantitative estimate of drug-likeness (QED) is 0.0591. The molecule has 0 aromatic carbocycles. The Morgan fingerprint density at radius 1 is 1.05 bits per heavy atom. The summed E-state index contributed by atoms with van der Waals surface area (Å²) in [6.07, 6.45) is 14.4. The zero-order chi connectivity index (χ0) is 32.9. The number of carbonyl (C=O) groups excluding carboxylic acids is 2. The fourth-order valence-electron chi connectivity index (χ4n) is 8.48. The zero-order valence-electron chi connectivity index (χ0n) is 29.6. The summed E-state index contributed by atoms with van der Waals surface area (Å²) >= 11 is 0. The SMILES string of the molecule is CC(=O)O[C@H]1C[C@H]2C(C)=CC[C@H](C(C)C)[C@H]2/C=C(/CO[Si](C(C)C)(C(C)C)C(C)C)[C@@]2(OCCCCCC=O)C=C[C@]1(C)O2. The van der Waals surface area contributed by atoms with E-state index in [0.717, 1.165) is 37.5 Å². The molecule has 7 heteroatoms. The first-order valence-electron chi connectivity index (χ1n) is 17.3. The second-order valence-corrected chi connectivity index (χ2v) is 20.5. The van der Waals surface area contributed by atoms with Crippen molar-refractivity contribution in [1.82, 2.24) is 0 Å². The summed E-state index contributed by atoms with van der Waals surface area (Å²) in [5, 5.41) is 0. The number of carbonyl (C=O) groups is 2. The van der Waals surface area contributed by atoms with Crippen LogP contribution >= 0.6 is 0 Å². The predicted molar refractivity (Wildman–Crippen MR) is 181 cm³/mol. The lowest BCUT2D eigenvalue weighted by Crippen LogP contribution is -2.50. The highest BCUT2D eigenvalue weighted by Gasteiger charge is 2.54. The van der Waals surface area contributed by atoms with Crippen molar-refractivity contribution in [2.24, 2.45) is 23.7 Å². The summed E-state index contributed by atoms with van der Waals surface area (Å²) < 4.78 is 27.3. The molecular formula is C37H62O6Si. The van der Waals surface area contributed by atoms with E-state index in [2.05, 4.69) is 86.6 Å². The van der Waals surface area contributed by atoms with Crippen LogP contribution in [-0.2, 0) is 28.2 Å². The average Bonchev–Trinajstić information content (AvgIpc) is 3.29. The number of unbranched alkanes of at least 4 members (excludes halogenated alkanes) is 3. The Hall–Kier alpha value is -1.54. The number of aldehydes is 1. The van der Waals surface area contributed by atoms with Crippen LogP contribution in [0.3, 0.4) is 0 Å². The Morgan fingerprint density at radius 2 is 1.70 bits per heavy atom. The third-order valence-corrected chi connectivity index (χ3v) is 16.9. The van der Waals surface area contributed by atoms with Gasteiger partial charge in [0.05, 0.1) is 13.2 Å². The summed E-state index contributed by atoms with van der Waals surface area (Å²) in [5.74, 6) is -0.0489. The Labute approximate surface area is 269 Å². The maximum Gasteiger partial charge on any atom is 0.303 e. The minimum Gasteiger partial charge on any atom is -0.459 e. The van der Waals surface area contributed by atoms with Crippen LogP contribution in [0.2, 0.25) is 16.6 Å². The van der Waals surface area contributed by atoms with Crippen LogP contribution in [0, 0.1) is 23.7 Å². The number of esters is 1. The molecular weight excluding hydrogens is 568 g/mol. The molecule has 2 bridgehead atoms. The average molecular weight is 631 g/mol. The molecule has 1 aliphatic carbocycles. The van der Waals surface area contributed by atoms with Gasteiger partial charge in [-0.25, -0.2) is 0 Å². The van der Waals surface area contributed by atoms with Gasteiger partial charge in [-0.15, -0.1) is 0 Å². The third-order valence-electron chi connectivity index (χ3n) is 10.8.